The number of carbonyl (C=O) groups is 1. The third-order valence-corrected chi connectivity index (χ3v) is 4.91. The molecule has 0 saturated carbocycles. The van der Waals surface area contributed by atoms with Gasteiger partial charge in [0.25, 0.3) is 0 Å². The Kier molecular flexibility index (Phi) is 5.31. The Bertz CT molecular complexity index is 722. The predicted octanol–water partition coefficient (Wildman–Crippen LogP) is 2.93. The number of aryl methyl sites for hydroxylation is 3. The molecular formula is C20H26N4O. The molecule has 1 fully saturated rings. The van der Waals surface area contributed by atoms with Crippen LogP contribution in [0.25, 0.3) is 0 Å². The maximum atomic E-state index is 12.7. The number of nitrogens with zero attached hydrogens (tertiary/aromatic N) is 3. The van der Waals surface area contributed by atoms with Crippen LogP contribution in [-0.4, -0.2) is 29.0 Å². The second-order valence-corrected chi connectivity index (χ2v) is 6.93. The van der Waals surface area contributed by atoms with Crippen molar-refractivity contribution in [3.8, 4) is 0 Å². The summed E-state index contributed by atoms with van der Waals surface area (Å²) in [7, 11) is 0. The van der Waals surface area contributed by atoms with E-state index in [0.29, 0.717) is 19.0 Å². The number of hydrogen-bond donors (Lipinski definition) is 1. The van der Waals surface area contributed by atoms with Crippen LogP contribution in [0.1, 0.15) is 35.1 Å². The lowest BCUT2D eigenvalue weighted by molar-refractivity contribution is -0.125. The highest BCUT2D eigenvalue weighted by atomic mass is 16.1. The summed E-state index contributed by atoms with van der Waals surface area (Å²) >= 11 is 0. The van der Waals surface area contributed by atoms with Crippen LogP contribution >= 0.6 is 0 Å². The first-order valence-electron chi connectivity index (χ1n) is 8.91. The maximum absolute atomic E-state index is 12.7. The highest BCUT2D eigenvalue weighted by Gasteiger charge is 2.27. The summed E-state index contributed by atoms with van der Waals surface area (Å²) in [5.74, 6) is 0.828. The van der Waals surface area contributed by atoms with Crippen LogP contribution in [0.3, 0.4) is 0 Å². The first kappa shape index (κ1) is 17.4. The Morgan fingerprint density at radius 3 is 2.56 bits per heavy atom. The van der Waals surface area contributed by atoms with Crippen LogP contribution in [0.5, 0.6) is 0 Å². The first-order chi connectivity index (χ1) is 12.0. The molecular weight excluding hydrogens is 312 g/mol. The molecule has 1 N–H and O–H groups in total. The van der Waals surface area contributed by atoms with Gasteiger partial charge in [-0.2, -0.15) is 0 Å². The average Bonchev–Trinajstić information content (AvgIpc) is 2.61. The molecule has 1 saturated heterocycles. The molecule has 3 rings (SSSR count). The topological polar surface area (TPSA) is 58.1 Å². The molecule has 1 aromatic carbocycles. The van der Waals surface area contributed by atoms with Crippen LogP contribution in [0.2, 0.25) is 0 Å². The number of amides is 1. The minimum absolute atomic E-state index is 0.0105. The third-order valence-electron chi connectivity index (χ3n) is 4.91. The summed E-state index contributed by atoms with van der Waals surface area (Å²) in [6.07, 6.45) is 5.39. The number of benzene rings is 1. The van der Waals surface area contributed by atoms with Crippen LogP contribution in [0.15, 0.2) is 30.6 Å². The van der Waals surface area contributed by atoms with Crippen molar-refractivity contribution in [1.29, 1.82) is 0 Å². The molecule has 25 heavy (non-hydrogen) atoms. The van der Waals surface area contributed by atoms with E-state index in [-0.39, 0.29) is 11.8 Å². The fourth-order valence-corrected chi connectivity index (χ4v) is 3.64. The lowest BCUT2D eigenvalue weighted by atomic mass is 9.96. The van der Waals surface area contributed by atoms with Gasteiger partial charge in [0.2, 0.25) is 11.9 Å². The second kappa shape index (κ2) is 7.64. The van der Waals surface area contributed by atoms with Crippen molar-refractivity contribution >= 4 is 11.9 Å². The van der Waals surface area contributed by atoms with Gasteiger partial charge in [-0.15, -0.1) is 0 Å². The lowest BCUT2D eigenvalue weighted by Crippen LogP contribution is -2.43. The largest absolute Gasteiger partial charge is 0.352 e. The van der Waals surface area contributed by atoms with E-state index in [1.165, 1.54) is 22.3 Å². The van der Waals surface area contributed by atoms with E-state index < -0.39 is 0 Å². The summed E-state index contributed by atoms with van der Waals surface area (Å²) in [5, 5.41) is 3.14. The number of aromatic nitrogens is 2. The summed E-state index contributed by atoms with van der Waals surface area (Å²) in [5.41, 5.74) is 4.95. The van der Waals surface area contributed by atoms with Gasteiger partial charge in [0.15, 0.2) is 0 Å². The van der Waals surface area contributed by atoms with Crippen molar-refractivity contribution in [3.05, 3.63) is 52.8 Å². The highest BCUT2D eigenvalue weighted by molar-refractivity contribution is 5.79. The molecule has 2 heterocycles. The molecule has 5 heteroatoms. The molecule has 5 nitrogen and oxygen atoms in total. The van der Waals surface area contributed by atoms with Crippen molar-refractivity contribution in [2.45, 2.75) is 40.2 Å². The minimum atomic E-state index is -0.0105. The van der Waals surface area contributed by atoms with Gasteiger partial charge in [0, 0.05) is 32.0 Å². The van der Waals surface area contributed by atoms with Crippen molar-refractivity contribution in [1.82, 2.24) is 15.3 Å². The van der Waals surface area contributed by atoms with E-state index in [0.717, 1.165) is 19.4 Å². The van der Waals surface area contributed by atoms with Gasteiger partial charge in [-0.05, 0) is 56.4 Å². The minimum Gasteiger partial charge on any atom is -0.352 e. The molecule has 1 aromatic heterocycles. The summed E-state index contributed by atoms with van der Waals surface area (Å²) < 4.78 is 0. The molecule has 0 bridgehead atoms. The van der Waals surface area contributed by atoms with Crippen molar-refractivity contribution in [2.75, 3.05) is 18.0 Å². The number of carbonyl (C=O) groups excluding carboxylic acids is 1. The monoisotopic (exact) mass is 338 g/mol. The van der Waals surface area contributed by atoms with Crippen LogP contribution in [0, 0.1) is 26.7 Å². The van der Waals surface area contributed by atoms with Crippen molar-refractivity contribution in [2.24, 2.45) is 5.92 Å². The molecule has 1 amide bonds. The van der Waals surface area contributed by atoms with Crippen LogP contribution in [0.4, 0.5) is 5.95 Å². The van der Waals surface area contributed by atoms with Gasteiger partial charge in [-0.25, -0.2) is 9.97 Å². The lowest BCUT2D eigenvalue weighted by Gasteiger charge is -2.32. The summed E-state index contributed by atoms with van der Waals surface area (Å²) in [6.45, 7) is 8.50. The quantitative estimate of drug-likeness (QED) is 0.931. The average molecular weight is 338 g/mol. The first-order valence-corrected chi connectivity index (χ1v) is 8.91. The predicted molar refractivity (Wildman–Crippen MR) is 99.5 cm³/mol. The summed E-state index contributed by atoms with van der Waals surface area (Å²) in [6, 6.07) is 6.15. The van der Waals surface area contributed by atoms with E-state index in [4.69, 9.17) is 0 Å². The van der Waals surface area contributed by atoms with E-state index in [1.54, 1.807) is 12.4 Å². The van der Waals surface area contributed by atoms with Gasteiger partial charge < -0.3 is 10.2 Å². The van der Waals surface area contributed by atoms with E-state index in [9.17, 15) is 4.79 Å². The molecule has 1 aliphatic rings. The van der Waals surface area contributed by atoms with Crippen LogP contribution in [-0.2, 0) is 11.3 Å². The number of anilines is 1. The van der Waals surface area contributed by atoms with Crippen molar-refractivity contribution in [3.63, 3.8) is 0 Å². The summed E-state index contributed by atoms with van der Waals surface area (Å²) in [4.78, 5) is 23.4. The smallest absolute Gasteiger partial charge is 0.225 e. The standard InChI is InChI=1S/C20H26N4O/c1-14-10-15(2)18(16(3)11-14)12-23-19(25)17-6-4-9-24(13-17)20-21-7-5-8-22-20/h5,7-8,10-11,17H,4,6,9,12-13H2,1-3H3,(H,23,25). The fourth-order valence-electron chi connectivity index (χ4n) is 3.64. The van der Waals surface area contributed by atoms with Crippen molar-refractivity contribution < 1.29 is 4.79 Å². The zero-order valence-electron chi connectivity index (χ0n) is 15.2. The normalized spacial score (nSPS) is 17.4. The fraction of sp³-hybridized carbons (Fsp3) is 0.450. The highest BCUT2D eigenvalue weighted by Crippen LogP contribution is 2.21. The molecule has 1 unspecified atom stereocenters. The molecule has 2 aromatic rings. The second-order valence-electron chi connectivity index (χ2n) is 6.93. The van der Waals surface area contributed by atoms with Crippen LogP contribution < -0.4 is 10.2 Å². The third kappa shape index (κ3) is 4.16. The van der Waals surface area contributed by atoms with E-state index in [1.807, 2.05) is 6.07 Å². The molecule has 132 valence electrons. The molecule has 0 aliphatic carbocycles. The zero-order chi connectivity index (χ0) is 17.8. The number of hydrogen-bond acceptors (Lipinski definition) is 4. The maximum Gasteiger partial charge on any atom is 0.225 e. The van der Waals surface area contributed by atoms with Gasteiger partial charge in [-0.3, -0.25) is 4.79 Å². The molecule has 0 spiro atoms. The molecule has 1 atom stereocenters. The zero-order valence-corrected chi connectivity index (χ0v) is 15.2. The Balaban J connectivity index is 1.62. The Morgan fingerprint density at radius 1 is 1.20 bits per heavy atom. The SMILES string of the molecule is Cc1cc(C)c(CNC(=O)C2CCCN(c3ncccn3)C2)c(C)c1. The Hall–Kier alpha value is -2.43. The number of rotatable bonds is 4. The number of piperidine rings is 1. The molecule has 0 radical (unpaired) electrons. The molecule has 1 aliphatic heterocycles. The van der Waals surface area contributed by atoms with Gasteiger partial charge in [0.1, 0.15) is 0 Å². The Labute approximate surface area is 149 Å². The van der Waals surface area contributed by atoms with Gasteiger partial charge in [0.05, 0.1) is 5.92 Å². The van der Waals surface area contributed by atoms with E-state index >= 15 is 0 Å². The van der Waals surface area contributed by atoms with Gasteiger partial charge >= 0.3 is 0 Å². The number of nitrogens with one attached hydrogen (secondary N) is 1. The Morgan fingerprint density at radius 2 is 1.88 bits per heavy atom. The van der Waals surface area contributed by atoms with E-state index in [2.05, 4.69) is 53.1 Å². The van der Waals surface area contributed by atoms with Gasteiger partial charge in [-0.1, -0.05) is 17.7 Å².